The molecule has 98 valence electrons. The van der Waals surface area contributed by atoms with Crippen molar-refractivity contribution in [3.8, 4) is 11.5 Å². The molecule has 0 aliphatic rings. The van der Waals surface area contributed by atoms with Crippen LogP contribution in [-0.4, -0.2) is 13.1 Å². The second-order valence-electron chi connectivity index (χ2n) is 4.20. The minimum absolute atomic E-state index is 0.858. The molecule has 0 bridgehead atoms. The summed E-state index contributed by atoms with van der Waals surface area (Å²) in [6, 6.07) is 17.9. The number of hydrogen-bond acceptors (Lipinski definition) is 2. The summed E-state index contributed by atoms with van der Waals surface area (Å²) in [6.07, 6.45) is 4.21. The molecule has 0 spiro atoms. The monoisotopic (exact) mass is 253 g/mol. The zero-order valence-corrected chi connectivity index (χ0v) is 11.2. The highest BCUT2D eigenvalue weighted by molar-refractivity contribution is 5.52. The van der Waals surface area contributed by atoms with Crippen LogP contribution in [-0.2, 0) is 0 Å². The fraction of sp³-hybridized carbons (Fsp3) is 0.176. The van der Waals surface area contributed by atoms with E-state index in [1.165, 1.54) is 0 Å². The van der Waals surface area contributed by atoms with E-state index in [4.69, 9.17) is 4.74 Å². The van der Waals surface area contributed by atoms with Gasteiger partial charge in [0.25, 0.3) is 0 Å². The van der Waals surface area contributed by atoms with Crippen LogP contribution in [0.4, 0.5) is 0 Å². The third-order valence-electron chi connectivity index (χ3n) is 2.66. The smallest absolute Gasteiger partial charge is 0.128 e. The Kier molecular flexibility index (Phi) is 5.20. The molecule has 0 fully saturated rings. The van der Waals surface area contributed by atoms with Crippen molar-refractivity contribution in [3.63, 3.8) is 0 Å². The molecule has 0 saturated carbocycles. The molecule has 2 aromatic rings. The zero-order chi connectivity index (χ0) is 13.3. The first-order valence-corrected chi connectivity index (χ1v) is 6.58. The summed E-state index contributed by atoms with van der Waals surface area (Å²) in [6.45, 7) is 3.98. The Hall–Kier alpha value is -2.06. The molecule has 2 rings (SSSR count). The SMILES string of the molecule is CCNCC=Cc1cccc(Oc2ccccc2)c1. The van der Waals surface area contributed by atoms with Gasteiger partial charge in [-0.05, 0) is 36.4 Å². The van der Waals surface area contributed by atoms with Gasteiger partial charge < -0.3 is 10.1 Å². The van der Waals surface area contributed by atoms with Crippen molar-refractivity contribution in [1.82, 2.24) is 5.32 Å². The number of hydrogen-bond donors (Lipinski definition) is 1. The lowest BCUT2D eigenvalue weighted by Gasteiger charge is -2.05. The Morgan fingerprint density at radius 1 is 1.00 bits per heavy atom. The first-order valence-electron chi connectivity index (χ1n) is 6.58. The molecule has 2 aromatic carbocycles. The van der Waals surface area contributed by atoms with Crippen LogP contribution < -0.4 is 10.1 Å². The molecule has 0 aliphatic carbocycles. The van der Waals surface area contributed by atoms with E-state index in [0.29, 0.717) is 0 Å². The van der Waals surface area contributed by atoms with Crippen molar-refractivity contribution in [1.29, 1.82) is 0 Å². The summed E-state index contributed by atoms with van der Waals surface area (Å²) in [4.78, 5) is 0. The van der Waals surface area contributed by atoms with Gasteiger partial charge in [0.05, 0.1) is 0 Å². The van der Waals surface area contributed by atoms with E-state index in [0.717, 1.165) is 30.2 Å². The van der Waals surface area contributed by atoms with Crippen LogP contribution in [0.5, 0.6) is 11.5 Å². The van der Waals surface area contributed by atoms with Crippen LogP contribution in [0.2, 0.25) is 0 Å². The van der Waals surface area contributed by atoms with Crippen LogP contribution in [0.1, 0.15) is 12.5 Å². The second kappa shape index (κ2) is 7.39. The van der Waals surface area contributed by atoms with Crippen molar-refractivity contribution >= 4 is 6.08 Å². The van der Waals surface area contributed by atoms with Gasteiger partial charge in [-0.25, -0.2) is 0 Å². The number of ether oxygens (including phenoxy) is 1. The molecule has 1 N–H and O–H groups in total. The Morgan fingerprint density at radius 3 is 2.58 bits per heavy atom. The molecule has 0 amide bonds. The highest BCUT2D eigenvalue weighted by Gasteiger charge is 1.96. The van der Waals surface area contributed by atoms with E-state index in [1.807, 2.05) is 48.5 Å². The molecule has 0 unspecified atom stereocenters. The van der Waals surface area contributed by atoms with Gasteiger partial charge in [0, 0.05) is 6.54 Å². The van der Waals surface area contributed by atoms with E-state index in [-0.39, 0.29) is 0 Å². The van der Waals surface area contributed by atoms with Crippen molar-refractivity contribution in [2.24, 2.45) is 0 Å². The highest BCUT2D eigenvalue weighted by atomic mass is 16.5. The number of nitrogens with one attached hydrogen (secondary N) is 1. The van der Waals surface area contributed by atoms with E-state index in [1.54, 1.807) is 0 Å². The van der Waals surface area contributed by atoms with Crippen LogP contribution >= 0.6 is 0 Å². The Balaban J connectivity index is 2.01. The van der Waals surface area contributed by atoms with Crippen LogP contribution in [0, 0.1) is 0 Å². The number of para-hydroxylation sites is 1. The van der Waals surface area contributed by atoms with E-state index >= 15 is 0 Å². The van der Waals surface area contributed by atoms with Gasteiger partial charge in [-0.15, -0.1) is 0 Å². The molecule has 2 nitrogen and oxygen atoms in total. The summed E-state index contributed by atoms with van der Waals surface area (Å²) in [5, 5.41) is 3.25. The molecule has 2 heteroatoms. The lowest BCUT2D eigenvalue weighted by Crippen LogP contribution is -2.11. The van der Waals surface area contributed by atoms with Gasteiger partial charge in [-0.3, -0.25) is 0 Å². The Bertz CT molecular complexity index is 520. The molecule has 0 aromatic heterocycles. The summed E-state index contributed by atoms with van der Waals surface area (Å²) in [5.74, 6) is 1.72. The molecule has 19 heavy (non-hydrogen) atoms. The molecule has 0 atom stereocenters. The van der Waals surface area contributed by atoms with E-state index < -0.39 is 0 Å². The maximum Gasteiger partial charge on any atom is 0.128 e. The molecule has 0 aliphatic heterocycles. The Labute approximate surface area is 114 Å². The van der Waals surface area contributed by atoms with Gasteiger partial charge in [-0.1, -0.05) is 49.4 Å². The third kappa shape index (κ3) is 4.60. The standard InChI is InChI=1S/C17H19NO/c1-2-18-13-7-9-15-8-6-12-17(14-15)19-16-10-4-3-5-11-16/h3-12,14,18H,2,13H2,1H3. The first-order chi connectivity index (χ1) is 9.38. The summed E-state index contributed by atoms with van der Waals surface area (Å²) >= 11 is 0. The van der Waals surface area contributed by atoms with Gasteiger partial charge in [0.15, 0.2) is 0 Å². The second-order valence-corrected chi connectivity index (χ2v) is 4.20. The van der Waals surface area contributed by atoms with E-state index in [2.05, 4.69) is 30.5 Å². The summed E-state index contributed by atoms with van der Waals surface area (Å²) in [7, 11) is 0. The molecular formula is C17H19NO. The van der Waals surface area contributed by atoms with Gasteiger partial charge in [0.1, 0.15) is 11.5 Å². The minimum Gasteiger partial charge on any atom is -0.457 e. The largest absolute Gasteiger partial charge is 0.457 e. The predicted molar refractivity (Wildman–Crippen MR) is 80.5 cm³/mol. The van der Waals surface area contributed by atoms with Crippen molar-refractivity contribution in [3.05, 3.63) is 66.2 Å². The maximum absolute atomic E-state index is 5.80. The molecular weight excluding hydrogens is 234 g/mol. The zero-order valence-electron chi connectivity index (χ0n) is 11.2. The average molecular weight is 253 g/mol. The molecule has 0 heterocycles. The fourth-order valence-electron chi connectivity index (χ4n) is 1.73. The Morgan fingerprint density at radius 2 is 1.79 bits per heavy atom. The lowest BCUT2D eigenvalue weighted by molar-refractivity contribution is 0.482. The molecule has 0 radical (unpaired) electrons. The maximum atomic E-state index is 5.80. The number of likely N-dealkylation sites (N-methyl/N-ethyl adjacent to an activating group) is 1. The predicted octanol–water partition coefficient (Wildman–Crippen LogP) is 4.10. The van der Waals surface area contributed by atoms with Crippen LogP contribution in [0.25, 0.3) is 6.08 Å². The third-order valence-corrected chi connectivity index (χ3v) is 2.66. The number of rotatable bonds is 6. The van der Waals surface area contributed by atoms with Gasteiger partial charge in [0.2, 0.25) is 0 Å². The van der Waals surface area contributed by atoms with Crippen molar-refractivity contribution < 1.29 is 4.74 Å². The van der Waals surface area contributed by atoms with E-state index in [9.17, 15) is 0 Å². The van der Waals surface area contributed by atoms with Crippen LogP contribution in [0.15, 0.2) is 60.7 Å². The summed E-state index contributed by atoms with van der Waals surface area (Å²) in [5.41, 5.74) is 1.14. The van der Waals surface area contributed by atoms with Crippen LogP contribution in [0.3, 0.4) is 0 Å². The normalized spacial score (nSPS) is 10.8. The van der Waals surface area contributed by atoms with Crippen molar-refractivity contribution in [2.75, 3.05) is 13.1 Å². The molecule has 0 saturated heterocycles. The lowest BCUT2D eigenvalue weighted by atomic mass is 10.2. The quantitative estimate of drug-likeness (QED) is 0.782. The van der Waals surface area contributed by atoms with Crippen molar-refractivity contribution in [2.45, 2.75) is 6.92 Å². The minimum atomic E-state index is 0.858. The fourth-order valence-corrected chi connectivity index (χ4v) is 1.73. The summed E-state index contributed by atoms with van der Waals surface area (Å²) < 4.78 is 5.80. The average Bonchev–Trinajstić information content (AvgIpc) is 2.45. The first kappa shape index (κ1) is 13.4. The number of benzene rings is 2. The highest BCUT2D eigenvalue weighted by Crippen LogP contribution is 2.22. The van der Waals surface area contributed by atoms with Gasteiger partial charge >= 0.3 is 0 Å². The topological polar surface area (TPSA) is 21.3 Å². The van der Waals surface area contributed by atoms with Gasteiger partial charge in [-0.2, -0.15) is 0 Å².